The van der Waals surface area contributed by atoms with Crippen LogP contribution < -0.4 is 4.72 Å². The van der Waals surface area contributed by atoms with Crippen molar-refractivity contribution in [1.82, 2.24) is 9.62 Å². The van der Waals surface area contributed by atoms with Gasteiger partial charge in [0.1, 0.15) is 0 Å². The number of rotatable bonds is 8. The third-order valence-corrected chi connectivity index (χ3v) is 8.17. The van der Waals surface area contributed by atoms with Crippen LogP contribution in [-0.4, -0.2) is 38.5 Å². The van der Waals surface area contributed by atoms with E-state index in [1.54, 1.807) is 18.2 Å². The van der Waals surface area contributed by atoms with Crippen molar-refractivity contribution in [3.05, 3.63) is 65.7 Å². The van der Waals surface area contributed by atoms with Crippen molar-refractivity contribution < 1.29 is 13.2 Å². The molecule has 0 radical (unpaired) electrons. The molecule has 1 aliphatic carbocycles. The van der Waals surface area contributed by atoms with Gasteiger partial charge < -0.3 is 9.64 Å². The van der Waals surface area contributed by atoms with Crippen LogP contribution in [0.1, 0.15) is 50.2 Å². The molecule has 1 saturated heterocycles. The Balaban J connectivity index is 1.31. The molecule has 2 aliphatic rings. The van der Waals surface area contributed by atoms with Crippen molar-refractivity contribution in [1.29, 1.82) is 0 Å². The molecule has 2 unspecified atom stereocenters. The molecule has 1 N–H and O–H groups in total. The molecule has 0 spiro atoms. The number of benzene rings is 2. The molecule has 4 rings (SSSR count). The summed E-state index contributed by atoms with van der Waals surface area (Å²) in [7, 11) is -3.53. The van der Waals surface area contributed by atoms with Gasteiger partial charge in [-0.2, -0.15) is 0 Å². The molecule has 1 heterocycles. The molecule has 168 valence electrons. The van der Waals surface area contributed by atoms with Gasteiger partial charge in [-0.25, -0.2) is 13.1 Å². The highest BCUT2D eigenvalue weighted by atomic mass is 32.2. The van der Waals surface area contributed by atoms with E-state index in [0.717, 1.165) is 49.4 Å². The van der Waals surface area contributed by atoms with E-state index in [9.17, 15) is 8.42 Å². The molecule has 0 aromatic heterocycles. The van der Waals surface area contributed by atoms with E-state index in [1.165, 1.54) is 12.8 Å². The van der Waals surface area contributed by atoms with Crippen LogP contribution in [0.4, 0.5) is 0 Å². The summed E-state index contributed by atoms with van der Waals surface area (Å²) < 4.78 is 34.7. The SMILES string of the molecule is CC1CCN(C2CCC(NS(=O)(=O)c3cccc(COCc4ccccc4)c3)C2)CC1. The van der Waals surface area contributed by atoms with E-state index in [0.29, 0.717) is 24.2 Å². The zero-order valence-corrected chi connectivity index (χ0v) is 19.2. The van der Waals surface area contributed by atoms with E-state index in [-0.39, 0.29) is 6.04 Å². The van der Waals surface area contributed by atoms with Crippen molar-refractivity contribution in [3.63, 3.8) is 0 Å². The van der Waals surface area contributed by atoms with Gasteiger partial charge in [-0.05, 0) is 74.4 Å². The second kappa shape index (κ2) is 10.3. The number of sulfonamides is 1. The highest BCUT2D eigenvalue weighted by Gasteiger charge is 2.33. The first-order chi connectivity index (χ1) is 15.0. The first-order valence-electron chi connectivity index (χ1n) is 11.5. The number of likely N-dealkylation sites (tertiary alicyclic amines) is 1. The number of nitrogens with zero attached hydrogens (tertiary/aromatic N) is 1. The number of ether oxygens (including phenoxy) is 1. The summed E-state index contributed by atoms with van der Waals surface area (Å²) in [5.74, 6) is 0.816. The Bertz CT molecular complexity index is 940. The van der Waals surface area contributed by atoms with Gasteiger partial charge in [0.05, 0.1) is 18.1 Å². The molecular weight excluding hydrogens is 408 g/mol. The molecule has 0 amide bonds. The Kier molecular flexibility index (Phi) is 7.43. The lowest BCUT2D eigenvalue weighted by Crippen LogP contribution is -2.41. The van der Waals surface area contributed by atoms with Crippen LogP contribution in [-0.2, 0) is 28.0 Å². The molecule has 2 aromatic rings. The maximum atomic E-state index is 13.0. The molecule has 6 heteroatoms. The fourth-order valence-electron chi connectivity index (χ4n) is 4.74. The van der Waals surface area contributed by atoms with Crippen LogP contribution in [0.25, 0.3) is 0 Å². The van der Waals surface area contributed by atoms with E-state index < -0.39 is 10.0 Å². The molecule has 5 nitrogen and oxygen atoms in total. The maximum absolute atomic E-state index is 13.0. The smallest absolute Gasteiger partial charge is 0.240 e. The number of piperidine rings is 1. The zero-order chi connectivity index (χ0) is 21.7. The van der Waals surface area contributed by atoms with E-state index in [2.05, 4.69) is 16.5 Å². The topological polar surface area (TPSA) is 58.6 Å². The summed E-state index contributed by atoms with van der Waals surface area (Å²) in [5, 5.41) is 0. The monoisotopic (exact) mass is 442 g/mol. The second-order valence-electron chi connectivity index (χ2n) is 9.13. The molecule has 1 saturated carbocycles. The van der Waals surface area contributed by atoms with Crippen LogP contribution in [0.15, 0.2) is 59.5 Å². The van der Waals surface area contributed by atoms with Gasteiger partial charge in [0.25, 0.3) is 0 Å². The lowest BCUT2D eigenvalue weighted by Gasteiger charge is -2.35. The largest absolute Gasteiger partial charge is 0.372 e. The third-order valence-electron chi connectivity index (χ3n) is 6.65. The minimum Gasteiger partial charge on any atom is -0.372 e. The molecule has 2 fully saturated rings. The van der Waals surface area contributed by atoms with E-state index in [1.807, 2.05) is 36.4 Å². The van der Waals surface area contributed by atoms with Crippen LogP contribution in [0.2, 0.25) is 0 Å². The predicted molar refractivity (Wildman–Crippen MR) is 123 cm³/mol. The van der Waals surface area contributed by atoms with Crippen molar-refractivity contribution >= 4 is 10.0 Å². The highest BCUT2D eigenvalue weighted by Crippen LogP contribution is 2.29. The Hall–Kier alpha value is -1.73. The number of nitrogens with one attached hydrogen (secondary N) is 1. The van der Waals surface area contributed by atoms with Gasteiger partial charge in [-0.15, -0.1) is 0 Å². The summed E-state index contributed by atoms with van der Waals surface area (Å²) >= 11 is 0. The molecular formula is C25H34N2O3S. The average Bonchev–Trinajstić information content (AvgIpc) is 3.23. The summed E-state index contributed by atoms with van der Waals surface area (Å²) in [6.07, 6.45) is 5.41. The van der Waals surface area contributed by atoms with E-state index >= 15 is 0 Å². The number of hydrogen-bond acceptors (Lipinski definition) is 4. The first-order valence-corrected chi connectivity index (χ1v) is 12.9. The van der Waals surface area contributed by atoms with Crippen molar-refractivity contribution in [3.8, 4) is 0 Å². The van der Waals surface area contributed by atoms with Gasteiger partial charge in [0.2, 0.25) is 10.0 Å². The van der Waals surface area contributed by atoms with Crippen molar-refractivity contribution in [2.24, 2.45) is 5.92 Å². The fourth-order valence-corrected chi connectivity index (χ4v) is 6.09. The van der Waals surface area contributed by atoms with Gasteiger partial charge in [-0.3, -0.25) is 0 Å². The Morgan fingerprint density at radius 2 is 1.65 bits per heavy atom. The van der Waals surface area contributed by atoms with Crippen LogP contribution in [0.3, 0.4) is 0 Å². The summed E-state index contributed by atoms with van der Waals surface area (Å²) in [5.41, 5.74) is 1.97. The Morgan fingerprint density at radius 1 is 0.935 bits per heavy atom. The quantitative estimate of drug-likeness (QED) is 0.661. The summed E-state index contributed by atoms with van der Waals surface area (Å²) in [4.78, 5) is 2.89. The van der Waals surface area contributed by atoms with Gasteiger partial charge in [-0.1, -0.05) is 49.4 Å². The second-order valence-corrected chi connectivity index (χ2v) is 10.8. The normalized spacial score (nSPS) is 23.3. The predicted octanol–water partition coefficient (Wildman–Crippen LogP) is 4.33. The fraction of sp³-hybridized carbons (Fsp3) is 0.520. The van der Waals surface area contributed by atoms with Crippen molar-refractivity contribution in [2.45, 2.75) is 69.2 Å². The Labute approximate surface area is 186 Å². The molecule has 1 aliphatic heterocycles. The third kappa shape index (κ3) is 6.16. The maximum Gasteiger partial charge on any atom is 0.240 e. The molecule has 31 heavy (non-hydrogen) atoms. The molecule has 2 aromatic carbocycles. The lowest BCUT2D eigenvalue weighted by atomic mass is 9.97. The average molecular weight is 443 g/mol. The van der Waals surface area contributed by atoms with Gasteiger partial charge >= 0.3 is 0 Å². The molecule has 0 bridgehead atoms. The van der Waals surface area contributed by atoms with Crippen molar-refractivity contribution in [2.75, 3.05) is 13.1 Å². The van der Waals surface area contributed by atoms with E-state index in [4.69, 9.17) is 4.74 Å². The summed E-state index contributed by atoms with van der Waals surface area (Å²) in [6, 6.07) is 17.6. The van der Waals surface area contributed by atoms with Crippen LogP contribution >= 0.6 is 0 Å². The molecule has 2 atom stereocenters. The lowest BCUT2D eigenvalue weighted by molar-refractivity contribution is 0.107. The Morgan fingerprint density at radius 3 is 2.42 bits per heavy atom. The minimum absolute atomic E-state index is 0.0207. The van der Waals surface area contributed by atoms with Gasteiger partial charge in [0.15, 0.2) is 0 Å². The first kappa shape index (κ1) is 22.5. The summed E-state index contributed by atoms with van der Waals surface area (Å²) in [6.45, 7) is 5.52. The van der Waals surface area contributed by atoms with Crippen LogP contribution in [0, 0.1) is 5.92 Å². The van der Waals surface area contributed by atoms with Crippen LogP contribution in [0.5, 0.6) is 0 Å². The zero-order valence-electron chi connectivity index (χ0n) is 18.4. The minimum atomic E-state index is -3.53. The highest BCUT2D eigenvalue weighted by molar-refractivity contribution is 7.89. The standard InChI is InChI=1S/C25H34N2O3S/c1-20-12-14-27(15-13-20)24-11-10-23(17-24)26-31(28,29)25-9-5-8-22(16-25)19-30-18-21-6-3-2-4-7-21/h2-9,16,20,23-24,26H,10-15,17-19H2,1H3. The van der Waals surface area contributed by atoms with Gasteiger partial charge in [0, 0.05) is 12.1 Å². The number of hydrogen-bond donors (Lipinski definition) is 1.